The first-order chi connectivity index (χ1) is 11.8. The van der Waals surface area contributed by atoms with Crippen molar-refractivity contribution in [3.8, 4) is 17.0 Å². The van der Waals surface area contributed by atoms with Gasteiger partial charge < -0.3 is 15.2 Å². The van der Waals surface area contributed by atoms with E-state index < -0.39 is 11.7 Å². The lowest BCUT2D eigenvalue weighted by atomic mass is 10.1. The Morgan fingerprint density at radius 2 is 1.92 bits per heavy atom. The van der Waals surface area contributed by atoms with Gasteiger partial charge in [-0.25, -0.2) is 4.79 Å². The van der Waals surface area contributed by atoms with Crippen LogP contribution in [0.15, 0.2) is 42.5 Å². The maximum Gasteiger partial charge on any atom is 0.435 e. The van der Waals surface area contributed by atoms with E-state index in [0.717, 1.165) is 10.9 Å². The second-order valence-corrected chi connectivity index (χ2v) is 6.75. The second-order valence-electron chi connectivity index (χ2n) is 6.75. The molecule has 0 aliphatic heterocycles. The summed E-state index contributed by atoms with van der Waals surface area (Å²) < 4.78 is 12.0. The van der Waals surface area contributed by atoms with Gasteiger partial charge in [0.15, 0.2) is 0 Å². The number of nitrogens with zero attached hydrogens (tertiary/aromatic N) is 2. The molecular weight excluding hydrogens is 318 g/mol. The third-order valence-electron chi connectivity index (χ3n) is 3.61. The van der Waals surface area contributed by atoms with Crippen LogP contribution in [0.5, 0.6) is 5.75 Å². The van der Waals surface area contributed by atoms with Gasteiger partial charge in [0.2, 0.25) is 0 Å². The van der Waals surface area contributed by atoms with Gasteiger partial charge in [-0.15, -0.1) is 0 Å². The zero-order valence-corrected chi connectivity index (χ0v) is 14.7. The highest BCUT2D eigenvalue weighted by atomic mass is 16.6. The molecule has 6 heteroatoms. The summed E-state index contributed by atoms with van der Waals surface area (Å²) in [6, 6.07) is 12.9. The maximum atomic E-state index is 12.6. The molecule has 0 saturated carbocycles. The predicted molar refractivity (Wildman–Crippen MR) is 97.8 cm³/mol. The van der Waals surface area contributed by atoms with E-state index >= 15 is 0 Å². The molecule has 0 fully saturated rings. The summed E-state index contributed by atoms with van der Waals surface area (Å²) in [6.07, 6.45) is -0.544. The number of rotatable bonds is 2. The number of carbonyl (C=O) groups excluding carboxylic acids is 1. The molecule has 1 aromatic heterocycles. The van der Waals surface area contributed by atoms with Gasteiger partial charge in [0.25, 0.3) is 0 Å². The minimum Gasteiger partial charge on any atom is -0.497 e. The molecule has 0 radical (unpaired) electrons. The number of nitrogen functional groups attached to an aromatic ring is 1. The van der Waals surface area contributed by atoms with Crippen LogP contribution in [0.2, 0.25) is 0 Å². The molecule has 1 heterocycles. The van der Waals surface area contributed by atoms with Crippen molar-refractivity contribution in [3.05, 3.63) is 42.5 Å². The Balaban J connectivity index is 2.19. The largest absolute Gasteiger partial charge is 0.497 e. The second kappa shape index (κ2) is 6.12. The van der Waals surface area contributed by atoms with Crippen LogP contribution >= 0.6 is 0 Å². The fraction of sp³-hybridized carbons (Fsp3) is 0.263. The van der Waals surface area contributed by atoms with Gasteiger partial charge in [-0.05, 0) is 51.1 Å². The Morgan fingerprint density at radius 3 is 2.60 bits per heavy atom. The highest BCUT2D eigenvalue weighted by molar-refractivity contribution is 5.99. The zero-order chi connectivity index (χ0) is 18.2. The number of anilines is 1. The highest BCUT2D eigenvalue weighted by Crippen LogP contribution is 2.31. The number of ether oxygens (including phenoxy) is 2. The molecule has 0 atom stereocenters. The third-order valence-corrected chi connectivity index (χ3v) is 3.61. The van der Waals surface area contributed by atoms with E-state index in [1.54, 1.807) is 19.2 Å². The molecule has 0 saturated heterocycles. The molecule has 0 amide bonds. The fourth-order valence-electron chi connectivity index (χ4n) is 2.56. The van der Waals surface area contributed by atoms with Crippen molar-refractivity contribution in [1.29, 1.82) is 0 Å². The number of fused-ring (bicyclic) bond motifs is 1. The molecule has 130 valence electrons. The molecule has 0 bridgehead atoms. The maximum absolute atomic E-state index is 12.6. The van der Waals surface area contributed by atoms with E-state index in [1.165, 1.54) is 4.68 Å². The van der Waals surface area contributed by atoms with E-state index in [-0.39, 0.29) is 0 Å². The minimum atomic E-state index is -0.619. The van der Waals surface area contributed by atoms with Crippen molar-refractivity contribution in [2.75, 3.05) is 12.8 Å². The van der Waals surface area contributed by atoms with Crippen molar-refractivity contribution in [1.82, 2.24) is 9.78 Å². The van der Waals surface area contributed by atoms with Crippen molar-refractivity contribution < 1.29 is 14.3 Å². The van der Waals surface area contributed by atoms with Crippen LogP contribution in [0, 0.1) is 0 Å². The lowest BCUT2D eigenvalue weighted by molar-refractivity contribution is 0.0523. The third kappa shape index (κ3) is 3.42. The molecule has 6 nitrogen and oxygen atoms in total. The molecule has 0 aliphatic carbocycles. The summed E-state index contributed by atoms with van der Waals surface area (Å²) in [4.78, 5) is 12.6. The van der Waals surface area contributed by atoms with E-state index in [1.807, 2.05) is 51.1 Å². The van der Waals surface area contributed by atoms with Crippen molar-refractivity contribution in [2.24, 2.45) is 0 Å². The number of hydrogen-bond acceptors (Lipinski definition) is 5. The first kappa shape index (κ1) is 16.8. The Kier molecular flexibility index (Phi) is 4.12. The molecule has 0 aliphatic rings. The molecular formula is C19H21N3O3. The zero-order valence-electron chi connectivity index (χ0n) is 14.7. The first-order valence-electron chi connectivity index (χ1n) is 7.94. The summed E-state index contributed by atoms with van der Waals surface area (Å²) in [5.41, 5.74) is 7.95. The van der Waals surface area contributed by atoms with Crippen LogP contribution in [0.1, 0.15) is 20.8 Å². The Hall–Kier alpha value is -3.02. The summed E-state index contributed by atoms with van der Waals surface area (Å²) in [5.74, 6) is 0.716. The molecule has 2 aromatic carbocycles. The lowest BCUT2D eigenvalue weighted by Gasteiger charge is -2.19. The van der Waals surface area contributed by atoms with Gasteiger partial charge in [-0.3, -0.25) is 0 Å². The smallest absolute Gasteiger partial charge is 0.435 e. The monoisotopic (exact) mass is 339 g/mol. The van der Waals surface area contributed by atoms with Gasteiger partial charge in [-0.2, -0.15) is 9.78 Å². The average molecular weight is 339 g/mol. The molecule has 0 spiro atoms. The van der Waals surface area contributed by atoms with Gasteiger partial charge in [0.05, 0.1) is 12.6 Å². The Bertz CT molecular complexity index is 939. The van der Waals surface area contributed by atoms with Crippen molar-refractivity contribution in [2.45, 2.75) is 26.4 Å². The number of methoxy groups -OCH3 is 1. The molecule has 0 unspecified atom stereocenters. The summed E-state index contributed by atoms with van der Waals surface area (Å²) in [6.45, 7) is 5.44. The van der Waals surface area contributed by atoms with E-state index in [0.29, 0.717) is 22.6 Å². The summed E-state index contributed by atoms with van der Waals surface area (Å²) in [7, 11) is 1.61. The van der Waals surface area contributed by atoms with Crippen LogP contribution in [0.4, 0.5) is 10.5 Å². The van der Waals surface area contributed by atoms with E-state index in [9.17, 15) is 4.79 Å². The standard InChI is InChI=1S/C19H21N3O3/c1-19(2,3)25-18(23)22-16-11-13(20)8-9-15(16)17(21-22)12-6-5-7-14(10-12)24-4/h5-11H,20H2,1-4H3. The molecule has 25 heavy (non-hydrogen) atoms. The minimum absolute atomic E-state index is 0.544. The first-order valence-corrected chi connectivity index (χ1v) is 7.94. The molecule has 2 N–H and O–H groups in total. The van der Waals surface area contributed by atoms with Crippen LogP contribution in [-0.4, -0.2) is 28.6 Å². The number of aromatic nitrogens is 2. The lowest BCUT2D eigenvalue weighted by Crippen LogP contribution is -2.27. The van der Waals surface area contributed by atoms with Crippen LogP contribution in [-0.2, 0) is 4.74 Å². The summed E-state index contributed by atoms with van der Waals surface area (Å²) >= 11 is 0. The number of benzene rings is 2. The summed E-state index contributed by atoms with van der Waals surface area (Å²) in [5, 5.41) is 5.30. The normalized spacial score (nSPS) is 11.5. The van der Waals surface area contributed by atoms with Crippen LogP contribution in [0.25, 0.3) is 22.2 Å². The highest BCUT2D eigenvalue weighted by Gasteiger charge is 2.22. The Morgan fingerprint density at radius 1 is 1.16 bits per heavy atom. The molecule has 3 rings (SSSR count). The van der Waals surface area contributed by atoms with E-state index in [2.05, 4.69) is 5.10 Å². The number of carbonyl (C=O) groups is 1. The van der Waals surface area contributed by atoms with Gasteiger partial charge >= 0.3 is 6.09 Å². The van der Waals surface area contributed by atoms with Crippen LogP contribution in [0.3, 0.4) is 0 Å². The Labute approximate surface area is 146 Å². The quantitative estimate of drug-likeness (QED) is 0.712. The van der Waals surface area contributed by atoms with Crippen molar-refractivity contribution in [3.63, 3.8) is 0 Å². The van der Waals surface area contributed by atoms with Crippen molar-refractivity contribution >= 4 is 22.7 Å². The van der Waals surface area contributed by atoms with Gasteiger partial charge in [0, 0.05) is 16.6 Å². The predicted octanol–water partition coefficient (Wildman–Crippen LogP) is 4.08. The number of nitrogens with two attached hydrogens (primary N) is 1. The van der Waals surface area contributed by atoms with E-state index in [4.69, 9.17) is 15.2 Å². The SMILES string of the molecule is COc1cccc(-c2nn(C(=O)OC(C)(C)C)c3cc(N)ccc23)c1. The number of hydrogen-bond donors (Lipinski definition) is 1. The van der Waals surface area contributed by atoms with Crippen LogP contribution < -0.4 is 10.5 Å². The van der Waals surface area contributed by atoms with Gasteiger partial charge in [-0.1, -0.05) is 12.1 Å². The van der Waals surface area contributed by atoms with Gasteiger partial charge in [0.1, 0.15) is 17.0 Å². The molecule has 3 aromatic rings. The topological polar surface area (TPSA) is 79.4 Å². The average Bonchev–Trinajstić information content (AvgIpc) is 2.92. The fourth-order valence-corrected chi connectivity index (χ4v) is 2.56.